The molecule has 4 heterocycles. The van der Waals surface area contributed by atoms with Gasteiger partial charge in [-0.05, 0) is 31.6 Å². The zero-order valence-electron chi connectivity index (χ0n) is 22.3. The lowest BCUT2D eigenvalue weighted by molar-refractivity contribution is 0.0948. The minimum absolute atomic E-state index is 0.129. The molecule has 1 N–H and O–H groups in total. The molecule has 11 heteroatoms. The fourth-order valence-electron chi connectivity index (χ4n) is 4.53. The lowest BCUT2D eigenvalue weighted by Crippen LogP contribution is -2.45. The molecule has 0 atom stereocenters. The minimum Gasteiger partial charge on any atom is -0.352 e. The highest BCUT2D eigenvalue weighted by Crippen LogP contribution is 2.18. The van der Waals surface area contributed by atoms with Gasteiger partial charge in [0.1, 0.15) is 11.4 Å². The summed E-state index contributed by atoms with van der Waals surface area (Å²) in [4.78, 5) is 38.7. The molecule has 1 saturated heterocycles. The number of nitrogens with one attached hydrogen (secondary N) is 1. The number of nitrogens with zero attached hydrogens (tertiary/aromatic N) is 8. The van der Waals surface area contributed by atoms with Gasteiger partial charge in [0, 0.05) is 76.4 Å². The van der Waals surface area contributed by atoms with Crippen LogP contribution in [0.4, 0.5) is 0 Å². The molecule has 0 radical (unpaired) electrons. The Bertz CT molecular complexity index is 1470. The van der Waals surface area contributed by atoms with Crippen LogP contribution >= 0.6 is 0 Å². The van der Waals surface area contributed by atoms with Gasteiger partial charge >= 0.3 is 0 Å². The van der Waals surface area contributed by atoms with Crippen molar-refractivity contribution in [2.24, 2.45) is 7.05 Å². The van der Waals surface area contributed by atoms with Crippen molar-refractivity contribution in [3.8, 4) is 17.1 Å². The third kappa shape index (κ3) is 6.81. The molecule has 39 heavy (non-hydrogen) atoms. The number of carbonyl (C=O) groups is 1. The average molecular weight is 528 g/mol. The predicted molar refractivity (Wildman–Crippen MR) is 148 cm³/mol. The van der Waals surface area contributed by atoms with E-state index in [2.05, 4.69) is 42.3 Å². The van der Waals surface area contributed by atoms with Gasteiger partial charge in [-0.1, -0.05) is 18.2 Å². The summed E-state index contributed by atoms with van der Waals surface area (Å²) >= 11 is 0. The Morgan fingerprint density at radius 3 is 2.56 bits per heavy atom. The SMILES string of the molecule is CN1CCN(CCCNC(=O)c2cnc(-c3cccc(Cc4nn(-c5cnn(C)c5)ccc4=O)c3)nc2)CC1. The molecule has 5 rings (SSSR count). The maximum Gasteiger partial charge on any atom is 0.254 e. The summed E-state index contributed by atoms with van der Waals surface area (Å²) in [5.41, 5.74) is 3.22. The maximum atomic E-state index is 12.6. The monoisotopic (exact) mass is 527 g/mol. The van der Waals surface area contributed by atoms with Crippen LogP contribution in [0, 0.1) is 0 Å². The van der Waals surface area contributed by atoms with E-state index < -0.39 is 0 Å². The van der Waals surface area contributed by atoms with Crippen LogP contribution in [0.25, 0.3) is 17.1 Å². The zero-order valence-corrected chi connectivity index (χ0v) is 22.3. The zero-order chi connectivity index (χ0) is 27.2. The summed E-state index contributed by atoms with van der Waals surface area (Å²) in [5, 5.41) is 11.6. The summed E-state index contributed by atoms with van der Waals surface area (Å²) in [6.07, 6.45) is 9.54. The number of hydrogen-bond acceptors (Lipinski definition) is 8. The van der Waals surface area contributed by atoms with Crippen molar-refractivity contribution in [1.82, 2.24) is 44.6 Å². The van der Waals surface area contributed by atoms with E-state index in [0.717, 1.165) is 56.0 Å². The van der Waals surface area contributed by atoms with E-state index in [0.29, 0.717) is 30.0 Å². The van der Waals surface area contributed by atoms with Gasteiger partial charge in [0.2, 0.25) is 5.43 Å². The topological polar surface area (TPSA) is 114 Å². The van der Waals surface area contributed by atoms with Crippen molar-refractivity contribution in [2.75, 3.05) is 46.3 Å². The second-order valence-corrected chi connectivity index (χ2v) is 9.87. The van der Waals surface area contributed by atoms with Gasteiger partial charge in [0.25, 0.3) is 5.91 Å². The molecular weight excluding hydrogens is 494 g/mol. The van der Waals surface area contributed by atoms with Crippen LogP contribution in [0.1, 0.15) is 28.0 Å². The quantitative estimate of drug-likeness (QED) is 0.325. The first-order valence-corrected chi connectivity index (χ1v) is 13.1. The van der Waals surface area contributed by atoms with Gasteiger partial charge in [0.05, 0.1) is 18.0 Å². The molecule has 0 bridgehead atoms. The predicted octanol–water partition coefficient (Wildman–Crippen LogP) is 1.38. The van der Waals surface area contributed by atoms with E-state index >= 15 is 0 Å². The molecule has 1 amide bonds. The molecule has 0 unspecified atom stereocenters. The summed E-state index contributed by atoms with van der Waals surface area (Å²) in [7, 11) is 3.97. The Balaban J connectivity index is 1.18. The molecule has 3 aromatic heterocycles. The molecule has 11 nitrogen and oxygen atoms in total. The van der Waals surface area contributed by atoms with Crippen LogP contribution in [-0.2, 0) is 13.5 Å². The largest absolute Gasteiger partial charge is 0.352 e. The minimum atomic E-state index is -0.172. The number of aromatic nitrogens is 6. The van der Waals surface area contributed by atoms with Gasteiger partial charge in [-0.3, -0.25) is 14.3 Å². The Kier molecular flexibility index (Phi) is 8.18. The number of rotatable bonds is 9. The normalized spacial score (nSPS) is 14.4. The molecule has 1 aliphatic rings. The maximum absolute atomic E-state index is 12.6. The molecule has 1 aliphatic heterocycles. The van der Waals surface area contributed by atoms with Crippen molar-refractivity contribution in [3.05, 3.63) is 88.4 Å². The first kappa shape index (κ1) is 26.4. The molecule has 0 saturated carbocycles. The number of carbonyl (C=O) groups excluding carboxylic acids is 1. The molecule has 0 aliphatic carbocycles. The van der Waals surface area contributed by atoms with Gasteiger partial charge in [-0.2, -0.15) is 10.2 Å². The van der Waals surface area contributed by atoms with Crippen LogP contribution in [-0.4, -0.2) is 91.6 Å². The van der Waals surface area contributed by atoms with Crippen LogP contribution in [0.15, 0.2) is 66.1 Å². The Morgan fingerprint density at radius 1 is 1.03 bits per heavy atom. The van der Waals surface area contributed by atoms with Crippen molar-refractivity contribution < 1.29 is 4.79 Å². The molecule has 0 spiro atoms. The summed E-state index contributed by atoms with van der Waals surface area (Å²) < 4.78 is 3.33. The highest BCUT2D eigenvalue weighted by Gasteiger charge is 2.14. The van der Waals surface area contributed by atoms with Crippen molar-refractivity contribution >= 4 is 5.91 Å². The Morgan fingerprint density at radius 2 is 1.82 bits per heavy atom. The van der Waals surface area contributed by atoms with Crippen LogP contribution in [0.3, 0.4) is 0 Å². The second-order valence-electron chi connectivity index (χ2n) is 9.87. The number of benzene rings is 1. The van der Waals surface area contributed by atoms with Crippen molar-refractivity contribution in [3.63, 3.8) is 0 Å². The van der Waals surface area contributed by atoms with Crippen LogP contribution < -0.4 is 10.7 Å². The highest BCUT2D eigenvalue weighted by atomic mass is 16.1. The molecule has 202 valence electrons. The number of aryl methyl sites for hydroxylation is 1. The Labute approximate surface area is 227 Å². The third-order valence-electron chi connectivity index (χ3n) is 6.84. The number of likely N-dealkylation sites (N-methyl/N-ethyl adjacent to an activating group) is 1. The Hall–Kier alpha value is -4.22. The third-order valence-corrected chi connectivity index (χ3v) is 6.84. The fraction of sp³-hybridized carbons (Fsp3) is 0.357. The molecule has 1 aromatic carbocycles. The van der Waals surface area contributed by atoms with Gasteiger partial charge in [-0.15, -0.1) is 0 Å². The fourth-order valence-corrected chi connectivity index (χ4v) is 4.53. The van der Waals surface area contributed by atoms with Crippen molar-refractivity contribution in [1.29, 1.82) is 0 Å². The lowest BCUT2D eigenvalue weighted by Gasteiger charge is -2.32. The number of amides is 1. The van der Waals surface area contributed by atoms with E-state index in [4.69, 9.17) is 0 Å². The summed E-state index contributed by atoms with van der Waals surface area (Å²) in [6, 6.07) is 9.20. The highest BCUT2D eigenvalue weighted by molar-refractivity contribution is 5.93. The molecule has 1 fully saturated rings. The van der Waals surface area contributed by atoms with E-state index in [9.17, 15) is 9.59 Å². The average Bonchev–Trinajstić information content (AvgIpc) is 3.39. The summed E-state index contributed by atoms with van der Waals surface area (Å²) in [6.45, 7) is 5.93. The van der Waals surface area contributed by atoms with Crippen LogP contribution in [0.2, 0.25) is 0 Å². The lowest BCUT2D eigenvalue weighted by atomic mass is 10.1. The first-order chi connectivity index (χ1) is 18.9. The number of piperazine rings is 1. The van der Waals surface area contributed by atoms with E-state index in [1.807, 2.05) is 37.5 Å². The smallest absolute Gasteiger partial charge is 0.254 e. The van der Waals surface area contributed by atoms with Gasteiger partial charge in [-0.25, -0.2) is 14.6 Å². The first-order valence-electron chi connectivity index (χ1n) is 13.1. The number of hydrogen-bond donors (Lipinski definition) is 1. The second kappa shape index (κ2) is 12.1. The summed E-state index contributed by atoms with van der Waals surface area (Å²) in [5.74, 6) is 0.339. The van der Waals surface area contributed by atoms with E-state index in [1.165, 1.54) is 6.07 Å². The standard InChI is InChI=1S/C28H33N9O2/c1-34-11-13-36(14-12-34)9-4-8-29-28(39)23-17-30-27(31-18-23)22-6-3-5-21(15-22)16-25-26(38)7-10-37(33-25)24-19-32-35(2)20-24/h3,5-7,10,15,17-20H,4,8-9,11-14,16H2,1-2H3,(H,29,39). The van der Waals surface area contributed by atoms with E-state index in [1.54, 1.807) is 34.2 Å². The molecule has 4 aromatic rings. The van der Waals surface area contributed by atoms with Gasteiger partial charge in [0.15, 0.2) is 5.82 Å². The van der Waals surface area contributed by atoms with Crippen LogP contribution in [0.5, 0.6) is 0 Å². The van der Waals surface area contributed by atoms with Gasteiger partial charge < -0.3 is 15.1 Å². The van der Waals surface area contributed by atoms with Crippen molar-refractivity contribution in [2.45, 2.75) is 12.8 Å². The molecular formula is C28H33N9O2. The van der Waals surface area contributed by atoms with E-state index in [-0.39, 0.29) is 11.3 Å².